The van der Waals surface area contributed by atoms with Crippen LogP contribution in [0.3, 0.4) is 0 Å². The van der Waals surface area contributed by atoms with Gasteiger partial charge in [-0.05, 0) is 36.8 Å². The number of hydrogen-bond acceptors (Lipinski definition) is 2. The quantitative estimate of drug-likeness (QED) is 0.420. The van der Waals surface area contributed by atoms with Crippen LogP contribution in [0.1, 0.15) is 11.1 Å². The molecule has 0 aliphatic carbocycles. The molecule has 1 atom stereocenters. The van der Waals surface area contributed by atoms with Gasteiger partial charge in [-0.15, -0.1) is 0 Å². The second-order valence-corrected chi connectivity index (χ2v) is 7.44. The number of aryl methyl sites for hydroxylation is 1. The number of anilines is 1. The van der Waals surface area contributed by atoms with E-state index in [4.69, 9.17) is 4.74 Å². The molecule has 1 aromatic heterocycles. The van der Waals surface area contributed by atoms with Gasteiger partial charge in [-0.3, -0.25) is 0 Å². The van der Waals surface area contributed by atoms with E-state index in [0.717, 1.165) is 16.5 Å². The molecule has 1 N–H and O–H groups in total. The molecular formula is C24H19F3N2O. The van der Waals surface area contributed by atoms with Crippen LogP contribution in [-0.2, 0) is 5.66 Å². The van der Waals surface area contributed by atoms with Crippen molar-refractivity contribution in [1.82, 2.24) is 4.57 Å². The van der Waals surface area contributed by atoms with Crippen LogP contribution in [0.5, 0.6) is 5.75 Å². The van der Waals surface area contributed by atoms with Gasteiger partial charge in [-0.1, -0.05) is 48.5 Å². The maximum Gasteiger partial charge on any atom is 0.435 e. The molecule has 0 radical (unpaired) electrons. The van der Waals surface area contributed by atoms with Crippen molar-refractivity contribution >= 4 is 16.6 Å². The summed E-state index contributed by atoms with van der Waals surface area (Å²) >= 11 is 0. The first-order valence-electron chi connectivity index (χ1n) is 9.58. The van der Waals surface area contributed by atoms with Crippen molar-refractivity contribution in [3.05, 3.63) is 83.9 Å². The number of alkyl halides is 3. The monoisotopic (exact) mass is 408 g/mol. The van der Waals surface area contributed by atoms with Crippen molar-refractivity contribution in [2.75, 3.05) is 12.4 Å². The predicted molar refractivity (Wildman–Crippen MR) is 112 cm³/mol. The van der Waals surface area contributed by atoms with Gasteiger partial charge in [0.1, 0.15) is 5.75 Å². The Morgan fingerprint density at radius 3 is 2.33 bits per heavy atom. The molecule has 0 fully saturated rings. The topological polar surface area (TPSA) is 26.2 Å². The van der Waals surface area contributed by atoms with Crippen LogP contribution >= 0.6 is 0 Å². The first-order chi connectivity index (χ1) is 14.4. The van der Waals surface area contributed by atoms with E-state index < -0.39 is 11.8 Å². The third-order valence-corrected chi connectivity index (χ3v) is 5.86. The summed E-state index contributed by atoms with van der Waals surface area (Å²) in [5.41, 5.74) is 0.688. The molecule has 0 saturated carbocycles. The Morgan fingerprint density at radius 2 is 1.63 bits per heavy atom. The van der Waals surface area contributed by atoms with E-state index in [-0.39, 0.29) is 5.56 Å². The Bertz CT molecular complexity index is 1260. The molecular weight excluding hydrogens is 389 g/mol. The summed E-state index contributed by atoms with van der Waals surface area (Å²) in [5, 5.41) is 3.59. The highest BCUT2D eigenvalue weighted by atomic mass is 19.4. The zero-order valence-corrected chi connectivity index (χ0v) is 16.4. The van der Waals surface area contributed by atoms with E-state index in [9.17, 15) is 0 Å². The summed E-state index contributed by atoms with van der Waals surface area (Å²) < 4.78 is 51.8. The first kappa shape index (κ1) is 18.6. The summed E-state index contributed by atoms with van der Waals surface area (Å²) in [6.07, 6.45) is -4.62. The van der Waals surface area contributed by atoms with Gasteiger partial charge >= 0.3 is 6.18 Å². The minimum atomic E-state index is -4.62. The van der Waals surface area contributed by atoms with Gasteiger partial charge in [-0.2, -0.15) is 13.2 Å². The fourth-order valence-electron chi connectivity index (χ4n) is 4.52. The number of rotatable bonds is 2. The molecule has 1 aliphatic rings. The van der Waals surface area contributed by atoms with Crippen LogP contribution in [0.2, 0.25) is 0 Å². The van der Waals surface area contributed by atoms with Gasteiger partial charge in [0.05, 0.1) is 18.3 Å². The summed E-state index contributed by atoms with van der Waals surface area (Å²) in [7, 11) is 1.55. The number of ether oxygens (including phenoxy) is 1. The molecule has 5 rings (SSSR count). The second kappa shape index (κ2) is 6.29. The Morgan fingerprint density at radius 1 is 0.933 bits per heavy atom. The highest BCUT2D eigenvalue weighted by Crippen LogP contribution is 2.53. The summed E-state index contributed by atoms with van der Waals surface area (Å²) in [6.45, 7) is 1.86. The third-order valence-electron chi connectivity index (χ3n) is 5.86. The first-order valence-corrected chi connectivity index (χ1v) is 9.58. The number of fused-ring (bicyclic) bond motifs is 5. The van der Waals surface area contributed by atoms with Crippen molar-refractivity contribution in [3.63, 3.8) is 0 Å². The number of benzene rings is 3. The van der Waals surface area contributed by atoms with Crippen LogP contribution < -0.4 is 10.1 Å². The van der Waals surface area contributed by atoms with Gasteiger partial charge in [0, 0.05) is 22.2 Å². The van der Waals surface area contributed by atoms with Crippen molar-refractivity contribution < 1.29 is 17.9 Å². The van der Waals surface area contributed by atoms with Gasteiger partial charge in [0.2, 0.25) is 5.66 Å². The lowest BCUT2D eigenvalue weighted by Crippen LogP contribution is -2.56. The summed E-state index contributed by atoms with van der Waals surface area (Å²) in [6, 6.07) is 20.3. The van der Waals surface area contributed by atoms with Crippen molar-refractivity contribution in [2.24, 2.45) is 0 Å². The minimum Gasteiger partial charge on any atom is -0.497 e. The molecule has 1 aliphatic heterocycles. The molecule has 3 aromatic carbocycles. The van der Waals surface area contributed by atoms with Gasteiger partial charge < -0.3 is 14.6 Å². The molecule has 152 valence electrons. The van der Waals surface area contributed by atoms with Crippen LogP contribution in [0.4, 0.5) is 18.9 Å². The average molecular weight is 408 g/mol. The maximum atomic E-state index is 15.0. The van der Waals surface area contributed by atoms with Crippen LogP contribution in [0.25, 0.3) is 22.2 Å². The van der Waals surface area contributed by atoms with Crippen LogP contribution in [0, 0.1) is 6.92 Å². The largest absolute Gasteiger partial charge is 0.497 e. The normalized spacial score (nSPS) is 17.9. The number of hydrogen-bond donors (Lipinski definition) is 1. The summed E-state index contributed by atoms with van der Waals surface area (Å²) in [4.78, 5) is 0. The number of halogens is 3. The predicted octanol–water partition coefficient (Wildman–Crippen LogP) is 6.31. The highest BCUT2D eigenvalue weighted by Gasteiger charge is 2.61. The molecule has 2 heterocycles. The van der Waals surface area contributed by atoms with Crippen molar-refractivity contribution in [3.8, 4) is 17.0 Å². The zero-order chi connectivity index (χ0) is 21.1. The molecule has 30 heavy (non-hydrogen) atoms. The summed E-state index contributed by atoms with van der Waals surface area (Å²) in [5.74, 6) is 0.604. The number of nitrogens with one attached hydrogen (secondary N) is 1. The van der Waals surface area contributed by atoms with E-state index in [2.05, 4.69) is 5.32 Å². The van der Waals surface area contributed by atoms with E-state index >= 15 is 13.2 Å². The maximum absolute atomic E-state index is 15.0. The lowest BCUT2D eigenvalue weighted by Gasteiger charge is -2.44. The number of para-hydroxylation sites is 1. The van der Waals surface area contributed by atoms with Gasteiger partial charge in [0.25, 0.3) is 0 Å². The molecule has 0 saturated heterocycles. The Hall–Kier alpha value is -3.41. The molecule has 1 unspecified atom stereocenters. The SMILES string of the molecule is COc1ccc2c(c1)c(C)c1n2C(c2ccccc2)(C(F)(F)F)Nc2ccccc2-1. The van der Waals surface area contributed by atoms with Gasteiger partial charge in [0.15, 0.2) is 0 Å². The third kappa shape index (κ3) is 2.33. The highest BCUT2D eigenvalue weighted by molar-refractivity contribution is 5.97. The molecule has 3 nitrogen and oxygen atoms in total. The molecule has 0 bridgehead atoms. The Kier molecular flexibility index (Phi) is 3.90. The Labute approximate surface area is 171 Å². The van der Waals surface area contributed by atoms with Crippen LogP contribution in [0.15, 0.2) is 72.8 Å². The lowest BCUT2D eigenvalue weighted by atomic mass is 9.92. The smallest absolute Gasteiger partial charge is 0.435 e. The molecule has 0 amide bonds. The fraction of sp³-hybridized carbons (Fsp3) is 0.167. The molecule has 6 heteroatoms. The standard InChI is InChI=1S/C24H19F3N2O/c1-15-19-14-17(30-2)12-13-21(19)29-22(15)18-10-6-7-11-20(18)28-23(29,24(25,26)27)16-8-4-3-5-9-16/h3-14,28H,1-2H3. The van der Waals surface area contributed by atoms with E-state index in [1.807, 2.05) is 19.1 Å². The Balaban J connectivity index is 2.00. The fourth-order valence-corrected chi connectivity index (χ4v) is 4.52. The van der Waals surface area contributed by atoms with E-state index in [1.165, 1.54) is 16.7 Å². The minimum absolute atomic E-state index is 0.126. The second-order valence-electron chi connectivity index (χ2n) is 7.44. The molecule has 4 aromatic rings. The van der Waals surface area contributed by atoms with E-state index in [0.29, 0.717) is 22.6 Å². The number of nitrogens with zero attached hydrogens (tertiary/aromatic N) is 1. The average Bonchev–Trinajstić information content (AvgIpc) is 3.05. The zero-order valence-electron chi connectivity index (χ0n) is 16.4. The lowest BCUT2D eigenvalue weighted by molar-refractivity contribution is -0.189. The van der Waals surface area contributed by atoms with E-state index in [1.54, 1.807) is 55.6 Å². The number of methoxy groups -OCH3 is 1. The van der Waals surface area contributed by atoms with Crippen LogP contribution in [-0.4, -0.2) is 17.9 Å². The molecule has 0 spiro atoms. The number of aromatic nitrogens is 1. The van der Waals surface area contributed by atoms with Crippen molar-refractivity contribution in [1.29, 1.82) is 0 Å². The van der Waals surface area contributed by atoms with Crippen molar-refractivity contribution in [2.45, 2.75) is 18.8 Å². The van der Waals surface area contributed by atoms with Gasteiger partial charge in [-0.25, -0.2) is 0 Å².